The number of rotatable bonds is 5. The second kappa shape index (κ2) is 8.14. The molecule has 0 fully saturated rings. The Bertz CT molecular complexity index is 928. The van der Waals surface area contributed by atoms with Crippen molar-refractivity contribution in [2.24, 2.45) is 0 Å². The van der Waals surface area contributed by atoms with Crippen molar-refractivity contribution in [3.63, 3.8) is 0 Å². The molecule has 2 N–H and O–H groups in total. The SMILES string of the molecule is Cc1cc(C)cc(N/C=C(/C#N)C(=O)Nc2ccc(Cl)c([N+](=O)[O-])c2)c1. The van der Waals surface area contributed by atoms with Crippen LogP contribution in [0.1, 0.15) is 11.1 Å². The molecule has 0 atom stereocenters. The van der Waals surface area contributed by atoms with E-state index < -0.39 is 10.8 Å². The van der Waals surface area contributed by atoms with E-state index in [-0.39, 0.29) is 22.0 Å². The molecule has 26 heavy (non-hydrogen) atoms. The lowest BCUT2D eigenvalue weighted by Crippen LogP contribution is -2.14. The lowest BCUT2D eigenvalue weighted by Gasteiger charge is -2.07. The third-order valence-electron chi connectivity index (χ3n) is 3.37. The molecule has 0 aliphatic carbocycles. The number of benzene rings is 2. The summed E-state index contributed by atoms with van der Waals surface area (Å²) >= 11 is 5.73. The number of anilines is 2. The fourth-order valence-electron chi connectivity index (χ4n) is 2.29. The van der Waals surface area contributed by atoms with Crippen molar-refractivity contribution in [1.29, 1.82) is 5.26 Å². The second-order valence-corrected chi connectivity index (χ2v) is 5.98. The van der Waals surface area contributed by atoms with Gasteiger partial charge in [0, 0.05) is 23.6 Å². The first-order valence-electron chi connectivity index (χ1n) is 7.50. The molecule has 0 aliphatic heterocycles. The molecule has 0 heterocycles. The van der Waals surface area contributed by atoms with Crippen molar-refractivity contribution >= 4 is 34.6 Å². The number of halogens is 1. The Morgan fingerprint density at radius 3 is 2.42 bits per heavy atom. The van der Waals surface area contributed by atoms with E-state index in [9.17, 15) is 20.2 Å². The summed E-state index contributed by atoms with van der Waals surface area (Å²) in [6.45, 7) is 3.88. The zero-order valence-corrected chi connectivity index (χ0v) is 14.8. The molecule has 2 aromatic rings. The van der Waals surface area contributed by atoms with Crippen molar-refractivity contribution in [3.05, 3.63) is 74.4 Å². The number of hydrogen-bond donors (Lipinski definition) is 2. The van der Waals surface area contributed by atoms with Crippen molar-refractivity contribution in [2.75, 3.05) is 10.6 Å². The van der Waals surface area contributed by atoms with Crippen LogP contribution >= 0.6 is 11.6 Å². The van der Waals surface area contributed by atoms with Gasteiger partial charge in [0.05, 0.1) is 4.92 Å². The Labute approximate surface area is 155 Å². The Kier molecular flexibility index (Phi) is 5.94. The summed E-state index contributed by atoms with van der Waals surface area (Å²) in [5.41, 5.74) is 2.47. The predicted octanol–water partition coefficient (Wildman–Crippen LogP) is 4.32. The highest BCUT2D eigenvalue weighted by molar-refractivity contribution is 6.32. The van der Waals surface area contributed by atoms with Crippen LogP contribution in [0.15, 0.2) is 48.2 Å². The van der Waals surface area contributed by atoms with E-state index in [0.717, 1.165) is 22.9 Å². The minimum atomic E-state index is -0.694. The first kappa shape index (κ1) is 19.0. The van der Waals surface area contributed by atoms with E-state index >= 15 is 0 Å². The van der Waals surface area contributed by atoms with Crippen LogP contribution in [-0.2, 0) is 4.79 Å². The molecule has 2 aromatic carbocycles. The van der Waals surface area contributed by atoms with Gasteiger partial charge in [-0.1, -0.05) is 17.7 Å². The number of nitro benzene ring substituents is 1. The summed E-state index contributed by atoms with van der Waals surface area (Å²) in [5, 5.41) is 25.4. The van der Waals surface area contributed by atoms with Crippen molar-refractivity contribution in [3.8, 4) is 6.07 Å². The molecule has 0 saturated carbocycles. The lowest BCUT2D eigenvalue weighted by atomic mass is 10.1. The van der Waals surface area contributed by atoms with Gasteiger partial charge in [0.2, 0.25) is 0 Å². The minimum Gasteiger partial charge on any atom is -0.360 e. The van der Waals surface area contributed by atoms with Gasteiger partial charge in [-0.15, -0.1) is 0 Å². The van der Waals surface area contributed by atoms with E-state index in [0.29, 0.717) is 0 Å². The molecule has 7 nitrogen and oxygen atoms in total. The first-order valence-corrected chi connectivity index (χ1v) is 7.88. The van der Waals surface area contributed by atoms with Crippen LogP contribution < -0.4 is 10.6 Å². The number of aryl methyl sites for hydroxylation is 2. The maximum Gasteiger partial charge on any atom is 0.289 e. The maximum absolute atomic E-state index is 12.2. The van der Waals surface area contributed by atoms with Crippen molar-refractivity contribution in [2.45, 2.75) is 13.8 Å². The largest absolute Gasteiger partial charge is 0.360 e. The third-order valence-corrected chi connectivity index (χ3v) is 3.69. The molecular formula is C18H15ClN4O3. The first-order chi connectivity index (χ1) is 12.3. The number of nitrogens with zero attached hydrogens (tertiary/aromatic N) is 2. The molecule has 0 spiro atoms. The highest BCUT2D eigenvalue weighted by Crippen LogP contribution is 2.27. The van der Waals surface area contributed by atoms with Crippen LogP contribution in [-0.4, -0.2) is 10.8 Å². The highest BCUT2D eigenvalue weighted by atomic mass is 35.5. The lowest BCUT2D eigenvalue weighted by molar-refractivity contribution is -0.384. The molecule has 0 saturated heterocycles. The Hall–Kier alpha value is -3.37. The summed E-state index contributed by atoms with van der Waals surface area (Å²) in [5.74, 6) is -0.694. The van der Waals surface area contributed by atoms with Gasteiger partial charge < -0.3 is 10.6 Å². The summed E-state index contributed by atoms with van der Waals surface area (Å²) in [6, 6.07) is 11.4. The molecule has 2 rings (SSSR count). The van der Waals surface area contributed by atoms with Gasteiger partial charge in [-0.2, -0.15) is 5.26 Å². The van der Waals surface area contributed by atoms with Crippen LogP contribution in [0.5, 0.6) is 0 Å². The van der Waals surface area contributed by atoms with E-state index in [1.54, 1.807) is 6.07 Å². The van der Waals surface area contributed by atoms with Crippen LogP contribution in [0.3, 0.4) is 0 Å². The molecule has 0 radical (unpaired) electrons. The number of hydrogen-bond acceptors (Lipinski definition) is 5. The van der Waals surface area contributed by atoms with Gasteiger partial charge >= 0.3 is 0 Å². The fraction of sp³-hybridized carbons (Fsp3) is 0.111. The third kappa shape index (κ3) is 4.82. The van der Waals surface area contributed by atoms with Crippen LogP contribution in [0.2, 0.25) is 5.02 Å². The average molecular weight is 371 g/mol. The van der Waals surface area contributed by atoms with Gasteiger partial charge in [-0.3, -0.25) is 14.9 Å². The number of carbonyl (C=O) groups is 1. The van der Waals surface area contributed by atoms with E-state index in [4.69, 9.17) is 11.6 Å². The normalized spacial score (nSPS) is 10.8. The van der Waals surface area contributed by atoms with Gasteiger partial charge in [-0.25, -0.2) is 0 Å². The van der Waals surface area contributed by atoms with Crippen molar-refractivity contribution in [1.82, 2.24) is 0 Å². The zero-order chi connectivity index (χ0) is 19.3. The monoisotopic (exact) mass is 370 g/mol. The molecule has 0 aliphatic rings. The number of nitriles is 1. The highest BCUT2D eigenvalue weighted by Gasteiger charge is 2.15. The molecule has 0 bridgehead atoms. The fourth-order valence-corrected chi connectivity index (χ4v) is 2.48. The quantitative estimate of drug-likeness (QED) is 0.352. The summed E-state index contributed by atoms with van der Waals surface area (Å²) < 4.78 is 0. The Morgan fingerprint density at radius 1 is 1.19 bits per heavy atom. The van der Waals surface area contributed by atoms with Crippen molar-refractivity contribution < 1.29 is 9.72 Å². The number of nitro groups is 1. The van der Waals surface area contributed by atoms with Gasteiger partial charge in [0.15, 0.2) is 0 Å². The average Bonchev–Trinajstić information content (AvgIpc) is 2.56. The predicted molar refractivity (Wildman–Crippen MR) is 100.0 cm³/mol. The van der Waals surface area contributed by atoms with E-state index in [1.807, 2.05) is 32.0 Å². The van der Waals surface area contributed by atoms with Crippen LogP contribution in [0.4, 0.5) is 17.1 Å². The smallest absolute Gasteiger partial charge is 0.289 e. The number of carbonyl (C=O) groups excluding carboxylic acids is 1. The van der Waals surface area contributed by atoms with Gasteiger partial charge in [0.1, 0.15) is 16.7 Å². The molecule has 8 heteroatoms. The van der Waals surface area contributed by atoms with E-state index in [1.165, 1.54) is 18.3 Å². The zero-order valence-electron chi connectivity index (χ0n) is 14.0. The standard InChI is InChI=1S/C18H15ClN4O3/c1-11-5-12(2)7-15(6-11)21-10-13(9-20)18(24)22-14-3-4-16(19)17(8-14)23(25)26/h3-8,10,21H,1-2H3,(H,22,24)/b13-10-. The topological polar surface area (TPSA) is 108 Å². The van der Waals surface area contributed by atoms with E-state index in [2.05, 4.69) is 10.6 Å². The Morgan fingerprint density at radius 2 is 1.85 bits per heavy atom. The number of amides is 1. The molecular weight excluding hydrogens is 356 g/mol. The number of nitrogens with one attached hydrogen (secondary N) is 2. The second-order valence-electron chi connectivity index (χ2n) is 5.57. The molecule has 1 amide bonds. The summed E-state index contributed by atoms with van der Waals surface area (Å²) in [4.78, 5) is 22.5. The van der Waals surface area contributed by atoms with Gasteiger partial charge in [-0.05, 0) is 49.2 Å². The molecule has 132 valence electrons. The molecule has 0 unspecified atom stereocenters. The minimum absolute atomic E-state index is 0.0412. The van der Waals surface area contributed by atoms with Gasteiger partial charge in [0.25, 0.3) is 11.6 Å². The Balaban J connectivity index is 2.17. The van der Waals surface area contributed by atoms with Crippen LogP contribution in [0.25, 0.3) is 0 Å². The summed E-state index contributed by atoms with van der Waals surface area (Å²) in [7, 11) is 0. The van der Waals surface area contributed by atoms with Crippen LogP contribution in [0, 0.1) is 35.3 Å². The molecule has 0 aromatic heterocycles. The maximum atomic E-state index is 12.2. The summed E-state index contributed by atoms with van der Waals surface area (Å²) in [6.07, 6.45) is 1.29.